The predicted octanol–water partition coefficient (Wildman–Crippen LogP) is 9.12. The van der Waals surface area contributed by atoms with Gasteiger partial charge in [-0.25, -0.2) is 9.97 Å². The fourth-order valence-electron chi connectivity index (χ4n) is 11.8. The number of allylic oxidation sites excluding steroid dienone is 4. The van der Waals surface area contributed by atoms with Crippen molar-refractivity contribution >= 4 is 72.3 Å². The molecule has 6 aromatic rings. The van der Waals surface area contributed by atoms with Gasteiger partial charge in [0.2, 0.25) is 23.4 Å². The number of Topliss-reactive ketones (excluding diaryl/α,β-unsaturated/α-hetero) is 2. The molecular formula is C61H73B2F3N12O8. The maximum Gasteiger partial charge on any atom is 0.737 e. The molecule has 2 aromatic carbocycles. The molecule has 2 unspecified atom stereocenters. The number of fused-ring (bicyclic) bond motifs is 4. The van der Waals surface area contributed by atoms with Crippen molar-refractivity contribution in [3.05, 3.63) is 141 Å². The lowest BCUT2D eigenvalue weighted by Crippen LogP contribution is -2.51. The van der Waals surface area contributed by atoms with E-state index in [1.54, 1.807) is 73.6 Å². The molecule has 0 amide bonds. The Balaban J connectivity index is 0.000000205. The molecule has 4 aliphatic heterocycles. The summed E-state index contributed by atoms with van der Waals surface area (Å²) in [6.07, 6.45) is 17.8. The van der Waals surface area contributed by atoms with Crippen LogP contribution < -0.4 is 51.4 Å². The Morgan fingerprint density at radius 3 is 1.37 bits per heavy atom. The SMILES string of the molecule is COc1cc(Cc2cnc(N)nc2N)cc(OC)c1OCCCC(=O)CCC1=[N+]2C(=Cc3c(C)cc(C)n3[B-]2(C)F)C=C1.COc1cc(Cc2cnc(N)nc2N)cc(OC)c1OCCCC(=O)CCC1=[N+]2C(=Cc3c(C)cc(C)n3[B-]2(F)[18F])C=C1. The fourth-order valence-corrected chi connectivity index (χ4v) is 11.8. The van der Waals surface area contributed by atoms with E-state index in [1.165, 1.54) is 14.2 Å². The average molecular weight is 1180 g/mol. The zero-order chi connectivity index (χ0) is 61.8. The Morgan fingerprint density at radius 1 is 0.558 bits per heavy atom. The van der Waals surface area contributed by atoms with Crippen molar-refractivity contribution in [3.8, 4) is 34.5 Å². The summed E-state index contributed by atoms with van der Waals surface area (Å²) in [4.78, 5) is 41.5. The maximum absolute atomic E-state index is 16.3. The molecular weight excluding hydrogens is 1110 g/mol. The quantitative estimate of drug-likeness (QED) is 0.0325. The van der Waals surface area contributed by atoms with E-state index in [4.69, 9.17) is 51.4 Å². The van der Waals surface area contributed by atoms with E-state index in [-0.39, 0.29) is 49.3 Å². The van der Waals surface area contributed by atoms with E-state index in [1.807, 2.05) is 69.3 Å². The minimum Gasteiger partial charge on any atom is -0.493 e. The highest BCUT2D eigenvalue weighted by molar-refractivity contribution is 6.64. The second-order valence-corrected chi connectivity index (χ2v) is 21.9. The van der Waals surface area contributed by atoms with Gasteiger partial charge >= 0.3 is 13.7 Å². The third-order valence-corrected chi connectivity index (χ3v) is 15.8. The molecule has 0 radical (unpaired) electrons. The number of benzene rings is 2. The molecule has 452 valence electrons. The monoisotopic (exact) mass is 1180 g/mol. The lowest BCUT2D eigenvalue weighted by molar-refractivity contribution is -0.362. The van der Waals surface area contributed by atoms with E-state index in [0.717, 1.165) is 59.6 Å². The van der Waals surface area contributed by atoms with Crippen molar-refractivity contribution in [2.45, 2.75) is 98.7 Å². The van der Waals surface area contributed by atoms with E-state index in [0.29, 0.717) is 126 Å². The number of ether oxygens (including phenoxy) is 6. The van der Waals surface area contributed by atoms with Gasteiger partial charge in [-0.2, -0.15) is 9.97 Å². The molecule has 10 rings (SSSR count). The Labute approximate surface area is 497 Å². The summed E-state index contributed by atoms with van der Waals surface area (Å²) in [5.41, 5.74) is 33.5. The number of hydrogen-bond donors (Lipinski definition) is 4. The number of carbonyl (C=O) groups is 2. The van der Waals surface area contributed by atoms with Gasteiger partial charge in [0, 0.05) is 123 Å². The standard InChI is InChI=1S/C31H38BFN6O4.C30H35BF2N6O4/c1-19-13-20(2)38-26(19)17-24-9-8-23(39(24)32(38,3)33)10-11-25(40)7-6-12-43-29-27(41-4)15-21(16-28(29)42-5)14-22-18-36-31(35)37-30(22)34;1-18-12-19(2)38-25(18)16-23-8-7-22(39(23)31(38,32)33)9-10-24(40)6-5-11-43-28-26(41-3)14-20(15-27(28)42-4)13-21-17-36-30(35)37-29(21)34/h8-9,13,15-18H,6-7,10-12,14H2,1-5H3,(H4,34,35,36,37);7-8,12,14-17H,5-6,9-11,13H2,1-4H3,(H4,34,35,36,37)/i;32-1. The normalized spacial score (nSPS) is 17.0. The van der Waals surface area contributed by atoms with Crippen molar-refractivity contribution in [1.82, 2.24) is 28.9 Å². The average Bonchev–Trinajstić information content (AvgIpc) is 1.59. The number of nitrogen functional groups attached to an aromatic ring is 4. The number of anilines is 4. The molecule has 0 fully saturated rings. The van der Waals surface area contributed by atoms with Crippen LogP contribution in [-0.2, 0) is 22.4 Å². The van der Waals surface area contributed by atoms with Crippen LogP contribution in [0.4, 0.5) is 36.5 Å². The molecule has 0 saturated carbocycles. The summed E-state index contributed by atoms with van der Waals surface area (Å²) in [6, 6.07) is 11.1. The van der Waals surface area contributed by atoms with Gasteiger partial charge in [0.25, 0.3) is 0 Å². The predicted molar refractivity (Wildman–Crippen MR) is 328 cm³/mol. The summed E-state index contributed by atoms with van der Waals surface area (Å²) in [6.45, 7) is 3.03. The number of methoxy groups -OCH3 is 4. The van der Waals surface area contributed by atoms with Gasteiger partial charge in [-0.15, -0.1) is 0 Å². The molecule has 4 aromatic heterocycles. The van der Waals surface area contributed by atoms with E-state index < -0.39 is 13.7 Å². The minimum absolute atomic E-state index is 0.0268. The zero-order valence-electron chi connectivity index (χ0n) is 50.0. The first-order chi connectivity index (χ1) is 41.1. The maximum atomic E-state index is 16.3. The zero-order valence-corrected chi connectivity index (χ0v) is 50.0. The molecule has 4 aliphatic rings. The fraction of sp³-hybridized carbons (Fsp3) is 0.344. The number of hydrogen-bond acceptors (Lipinski definition) is 16. The van der Waals surface area contributed by atoms with Crippen LogP contribution in [0.2, 0.25) is 6.82 Å². The number of aryl methyl sites for hydroxylation is 4. The van der Waals surface area contributed by atoms with Crippen molar-refractivity contribution in [1.29, 1.82) is 0 Å². The molecule has 20 nitrogen and oxygen atoms in total. The van der Waals surface area contributed by atoms with Gasteiger partial charge in [0.15, 0.2) is 34.4 Å². The number of ketones is 2. The number of aromatic nitrogens is 6. The van der Waals surface area contributed by atoms with Gasteiger partial charge in [-0.3, -0.25) is 9.59 Å². The second kappa shape index (κ2) is 25.5. The third kappa shape index (κ3) is 12.7. The van der Waals surface area contributed by atoms with Gasteiger partial charge in [0.1, 0.15) is 34.6 Å². The second-order valence-electron chi connectivity index (χ2n) is 21.9. The molecule has 25 heteroatoms. The Kier molecular flexibility index (Phi) is 18.2. The topological polar surface area (TPSA) is 261 Å². The van der Waals surface area contributed by atoms with Crippen molar-refractivity contribution in [2.24, 2.45) is 0 Å². The number of carbonyl (C=O) groups excluding carboxylic acids is 2. The van der Waals surface area contributed by atoms with Crippen LogP contribution in [0.1, 0.15) is 108 Å². The molecule has 8 heterocycles. The van der Waals surface area contributed by atoms with Crippen molar-refractivity contribution < 1.29 is 59.9 Å². The van der Waals surface area contributed by atoms with Crippen LogP contribution in [0.3, 0.4) is 0 Å². The lowest BCUT2D eigenvalue weighted by atomic mass is 9.68. The number of rotatable bonds is 24. The van der Waals surface area contributed by atoms with E-state index in [2.05, 4.69) is 19.9 Å². The molecule has 86 heavy (non-hydrogen) atoms. The third-order valence-electron chi connectivity index (χ3n) is 15.8. The van der Waals surface area contributed by atoms with Crippen LogP contribution in [-0.4, -0.2) is 116 Å². The first-order valence-corrected chi connectivity index (χ1v) is 28.5. The smallest absolute Gasteiger partial charge is 0.493 e. The number of nitrogens with two attached hydrogens (primary N) is 4. The van der Waals surface area contributed by atoms with Crippen LogP contribution in [0.25, 0.3) is 12.2 Å². The van der Waals surface area contributed by atoms with Crippen molar-refractivity contribution in [3.63, 3.8) is 0 Å². The molecule has 0 aliphatic carbocycles. The highest BCUT2D eigenvalue weighted by Crippen LogP contribution is 2.42. The summed E-state index contributed by atoms with van der Waals surface area (Å²) >= 11 is 0. The molecule has 0 spiro atoms. The molecule has 8 N–H and O–H groups in total. The summed E-state index contributed by atoms with van der Waals surface area (Å²) in [7, 11) is 6.16. The Hall–Kier alpha value is -9.28. The lowest BCUT2D eigenvalue weighted by Gasteiger charge is -2.34. The van der Waals surface area contributed by atoms with Crippen molar-refractivity contribution in [2.75, 3.05) is 64.6 Å². The summed E-state index contributed by atoms with van der Waals surface area (Å²) in [5.74, 6) is 3.68. The van der Waals surface area contributed by atoms with Gasteiger partial charge < -0.3 is 82.2 Å². The molecule has 0 bridgehead atoms. The molecule has 0 saturated heterocycles. The van der Waals surface area contributed by atoms with Gasteiger partial charge in [-0.05, 0) is 111 Å². The largest absolute Gasteiger partial charge is 0.737 e. The van der Waals surface area contributed by atoms with Crippen LogP contribution >= 0.6 is 0 Å². The summed E-state index contributed by atoms with van der Waals surface area (Å²) in [5, 5.41) is 0. The Bertz CT molecular complexity index is 3550. The van der Waals surface area contributed by atoms with Gasteiger partial charge in [0.05, 0.1) is 41.7 Å². The highest BCUT2D eigenvalue weighted by atomic mass is 19.1. The minimum atomic E-state index is -4.04. The first-order valence-electron chi connectivity index (χ1n) is 28.5. The van der Waals surface area contributed by atoms with E-state index in [9.17, 15) is 9.59 Å². The highest BCUT2D eigenvalue weighted by Gasteiger charge is 2.52. The van der Waals surface area contributed by atoms with Crippen LogP contribution in [0.5, 0.6) is 34.5 Å². The van der Waals surface area contributed by atoms with E-state index >= 15 is 12.9 Å². The molecule has 2 atom stereocenters. The summed E-state index contributed by atoms with van der Waals surface area (Å²) < 4.78 is 87.5. The first kappa shape index (κ1) is 61.3. The van der Waals surface area contributed by atoms with Crippen LogP contribution in [0, 0.1) is 27.7 Å². The Morgan fingerprint density at radius 2 is 0.953 bits per heavy atom. The number of halogens is 3. The van der Waals surface area contributed by atoms with Crippen LogP contribution in [0.15, 0.2) is 84.5 Å². The number of nitrogens with zero attached hydrogens (tertiary/aromatic N) is 8. The van der Waals surface area contributed by atoms with Gasteiger partial charge in [-0.1, -0.05) is 6.82 Å².